The summed E-state index contributed by atoms with van der Waals surface area (Å²) in [5, 5.41) is 19.0. The predicted octanol–water partition coefficient (Wildman–Crippen LogP) is 3.25. The Balaban J connectivity index is 0.000000417. The molecule has 0 unspecified atom stereocenters. The van der Waals surface area contributed by atoms with Gasteiger partial charge in [0.25, 0.3) is 0 Å². The van der Waals surface area contributed by atoms with Crippen LogP contribution in [0.25, 0.3) is 10.8 Å². The van der Waals surface area contributed by atoms with Gasteiger partial charge in [-0.15, -0.1) is 0 Å². The fourth-order valence-electron chi connectivity index (χ4n) is 1.98. The quantitative estimate of drug-likeness (QED) is 0.846. The van der Waals surface area contributed by atoms with Gasteiger partial charge in [-0.2, -0.15) is 0 Å². The fraction of sp³-hybridized carbons (Fsp3) is 0.333. The highest BCUT2D eigenvalue weighted by Gasteiger charge is 2.09. The van der Waals surface area contributed by atoms with E-state index in [0.717, 1.165) is 10.8 Å². The highest BCUT2D eigenvalue weighted by molar-refractivity contribution is 5.98. The van der Waals surface area contributed by atoms with Crippen LogP contribution in [0.2, 0.25) is 0 Å². The van der Waals surface area contributed by atoms with Crippen molar-refractivity contribution in [2.75, 3.05) is 13.2 Å². The summed E-state index contributed by atoms with van der Waals surface area (Å²) in [6, 6.07) is 9.52. The molecule has 0 aromatic heterocycles. The summed E-state index contributed by atoms with van der Waals surface area (Å²) in [6.45, 7) is -0.268. The molecule has 2 N–H and O–H groups in total. The lowest BCUT2D eigenvalue weighted by molar-refractivity contribution is 0.0433. The molecule has 0 aliphatic heterocycles. The van der Waals surface area contributed by atoms with Crippen LogP contribution in [-0.4, -0.2) is 35.4 Å². The zero-order chi connectivity index (χ0) is 16.7. The van der Waals surface area contributed by atoms with Crippen LogP contribution in [0, 0.1) is 0 Å². The van der Waals surface area contributed by atoms with Gasteiger partial charge in [0.05, 0.1) is 17.7 Å². The second kappa shape index (κ2) is 8.29. The first kappa shape index (κ1) is 17.0. The maximum Gasteiger partial charge on any atom is 0.338 e. The van der Waals surface area contributed by atoms with Crippen molar-refractivity contribution in [1.29, 1.82) is 0 Å². The summed E-state index contributed by atoms with van der Waals surface area (Å²) >= 11 is 0. The Bertz CT molecular complexity index is 685. The van der Waals surface area contributed by atoms with Crippen molar-refractivity contribution < 1.29 is 24.5 Å². The molecule has 0 bridgehead atoms. The number of aromatic carboxylic acids is 1. The third kappa shape index (κ3) is 4.79. The van der Waals surface area contributed by atoms with E-state index in [1.807, 2.05) is 0 Å². The van der Waals surface area contributed by atoms with Gasteiger partial charge in [-0.1, -0.05) is 37.8 Å². The lowest BCUT2D eigenvalue weighted by Crippen LogP contribution is -2.08. The number of carboxylic acids is 1. The molecule has 1 saturated carbocycles. The van der Waals surface area contributed by atoms with E-state index in [-0.39, 0.29) is 18.8 Å². The van der Waals surface area contributed by atoms with Crippen molar-refractivity contribution in [1.82, 2.24) is 0 Å². The number of fused-ring (bicyclic) bond motifs is 1. The number of carbonyl (C=O) groups is 2. The first-order chi connectivity index (χ1) is 11.1. The number of ether oxygens (including phenoxy) is 1. The number of rotatable bonds is 4. The van der Waals surface area contributed by atoms with Gasteiger partial charge in [0.2, 0.25) is 0 Å². The number of esters is 1. The average molecular weight is 316 g/mol. The number of hydrogen-bond acceptors (Lipinski definition) is 4. The second-order valence-electron chi connectivity index (χ2n) is 5.36. The highest BCUT2D eigenvalue weighted by Crippen LogP contribution is 2.18. The van der Waals surface area contributed by atoms with Crippen molar-refractivity contribution >= 4 is 22.7 Å². The molecule has 5 heteroatoms. The molecule has 23 heavy (non-hydrogen) atoms. The average Bonchev–Trinajstić information content (AvgIpc) is 2.49. The van der Waals surface area contributed by atoms with Gasteiger partial charge in [0.15, 0.2) is 0 Å². The highest BCUT2D eigenvalue weighted by atomic mass is 16.5. The molecule has 1 fully saturated rings. The Labute approximate surface area is 134 Å². The first-order valence-corrected chi connectivity index (χ1v) is 7.67. The van der Waals surface area contributed by atoms with Crippen LogP contribution in [0.15, 0.2) is 36.4 Å². The van der Waals surface area contributed by atoms with Gasteiger partial charge in [0, 0.05) is 0 Å². The van der Waals surface area contributed by atoms with E-state index >= 15 is 0 Å². The summed E-state index contributed by atoms with van der Waals surface area (Å²) in [7, 11) is 0. The van der Waals surface area contributed by atoms with Crippen LogP contribution < -0.4 is 0 Å². The molecule has 0 radical (unpaired) electrons. The number of aliphatic hydroxyl groups is 1. The Morgan fingerprint density at radius 3 is 1.91 bits per heavy atom. The predicted molar refractivity (Wildman–Crippen MR) is 86.7 cm³/mol. The SMILES string of the molecule is C1CCC1.O=C(O)c1ccc2cc(C(=O)OCCO)ccc2c1. The smallest absolute Gasteiger partial charge is 0.338 e. The van der Waals surface area contributed by atoms with Crippen molar-refractivity contribution in [3.05, 3.63) is 47.5 Å². The van der Waals surface area contributed by atoms with Crippen LogP contribution in [0.4, 0.5) is 0 Å². The maximum absolute atomic E-state index is 11.6. The molecule has 0 saturated heterocycles. The van der Waals surface area contributed by atoms with E-state index in [1.54, 1.807) is 30.3 Å². The number of carboxylic acid groups (broad SMARTS) is 1. The third-order valence-corrected chi connectivity index (χ3v) is 3.65. The van der Waals surface area contributed by atoms with Crippen molar-refractivity contribution in [2.45, 2.75) is 25.7 Å². The Morgan fingerprint density at radius 1 is 0.913 bits per heavy atom. The molecule has 5 nitrogen and oxygen atoms in total. The van der Waals surface area contributed by atoms with E-state index in [1.165, 1.54) is 31.7 Å². The monoisotopic (exact) mass is 316 g/mol. The lowest BCUT2D eigenvalue weighted by atomic mass is 10.0. The van der Waals surface area contributed by atoms with E-state index in [0.29, 0.717) is 5.56 Å². The van der Waals surface area contributed by atoms with Crippen molar-refractivity contribution in [2.24, 2.45) is 0 Å². The van der Waals surface area contributed by atoms with Gasteiger partial charge in [-0.3, -0.25) is 0 Å². The van der Waals surface area contributed by atoms with Gasteiger partial charge < -0.3 is 14.9 Å². The Hall–Kier alpha value is -2.40. The normalized spacial score (nSPS) is 12.7. The third-order valence-electron chi connectivity index (χ3n) is 3.65. The van der Waals surface area contributed by atoms with Gasteiger partial charge in [-0.25, -0.2) is 9.59 Å². The maximum atomic E-state index is 11.6. The number of benzene rings is 2. The molecule has 0 amide bonds. The van der Waals surface area contributed by atoms with Gasteiger partial charge in [0.1, 0.15) is 6.61 Å². The first-order valence-electron chi connectivity index (χ1n) is 7.67. The molecule has 1 aliphatic rings. The van der Waals surface area contributed by atoms with Crippen molar-refractivity contribution in [3.8, 4) is 0 Å². The fourth-order valence-corrected chi connectivity index (χ4v) is 1.98. The summed E-state index contributed by atoms with van der Waals surface area (Å²) in [4.78, 5) is 22.4. The molecular formula is C18H20O5. The van der Waals surface area contributed by atoms with Crippen LogP contribution >= 0.6 is 0 Å². The van der Waals surface area contributed by atoms with Crippen molar-refractivity contribution in [3.63, 3.8) is 0 Å². The molecule has 2 aromatic carbocycles. The summed E-state index contributed by atoms with van der Waals surface area (Å²) in [5.74, 6) is -1.51. The van der Waals surface area contributed by atoms with E-state index in [2.05, 4.69) is 0 Å². The number of hydrogen-bond donors (Lipinski definition) is 2. The van der Waals surface area contributed by atoms with E-state index in [9.17, 15) is 9.59 Å². The second-order valence-corrected chi connectivity index (χ2v) is 5.36. The summed E-state index contributed by atoms with van der Waals surface area (Å²) in [5.41, 5.74) is 0.562. The van der Waals surface area contributed by atoms with Gasteiger partial charge >= 0.3 is 11.9 Å². The number of aliphatic hydroxyl groups excluding tert-OH is 1. The molecule has 3 rings (SSSR count). The summed E-state index contributed by atoms with van der Waals surface area (Å²) < 4.78 is 4.81. The molecule has 0 atom stereocenters. The summed E-state index contributed by atoms with van der Waals surface area (Å²) in [6.07, 6.45) is 6.00. The van der Waals surface area contributed by atoms with Crippen LogP contribution in [0.1, 0.15) is 46.4 Å². The molecule has 1 aliphatic carbocycles. The van der Waals surface area contributed by atoms with Gasteiger partial charge in [-0.05, 0) is 35.0 Å². The molecule has 2 aromatic rings. The zero-order valence-electron chi connectivity index (χ0n) is 12.8. The minimum absolute atomic E-state index is 0.0468. The minimum atomic E-state index is -0.992. The molecule has 122 valence electrons. The Kier molecular flexibility index (Phi) is 6.11. The molecular weight excluding hydrogens is 296 g/mol. The molecule has 0 heterocycles. The molecule has 0 spiro atoms. The Morgan fingerprint density at radius 2 is 1.43 bits per heavy atom. The number of carbonyl (C=O) groups excluding carboxylic acids is 1. The minimum Gasteiger partial charge on any atom is -0.478 e. The lowest BCUT2D eigenvalue weighted by Gasteiger charge is -2.05. The standard InChI is InChI=1S/C14H12O5.C4H8/c15-5-6-19-14(18)12-4-2-9-7-11(13(16)17)3-1-10(9)8-12;1-2-4-3-1/h1-4,7-8,15H,5-6H2,(H,16,17);1-4H2. The zero-order valence-corrected chi connectivity index (χ0v) is 12.8. The largest absolute Gasteiger partial charge is 0.478 e. The van der Waals surface area contributed by atoms with Crippen LogP contribution in [0.3, 0.4) is 0 Å². The topological polar surface area (TPSA) is 83.8 Å². The van der Waals surface area contributed by atoms with Crippen LogP contribution in [0.5, 0.6) is 0 Å². The van der Waals surface area contributed by atoms with E-state index in [4.69, 9.17) is 14.9 Å². The van der Waals surface area contributed by atoms with E-state index < -0.39 is 11.9 Å². The van der Waals surface area contributed by atoms with Crippen LogP contribution in [-0.2, 0) is 4.74 Å².